The molecule has 5 heteroatoms. The molecule has 19 heavy (non-hydrogen) atoms. The highest BCUT2D eigenvalue weighted by Gasteiger charge is 2.26. The molecular formula is C14H18N2O3. The number of ketones is 1. The van der Waals surface area contributed by atoms with Crippen LogP contribution in [0.15, 0.2) is 18.3 Å². The van der Waals surface area contributed by atoms with Crippen molar-refractivity contribution in [3.63, 3.8) is 0 Å². The first-order valence-corrected chi connectivity index (χ1v) is 6.45. The first kappa shape index (κ1) is 13.5. The topological polar surface area (TPSA) is 59.5 Å². The lowest BCUT2D eigenvalue weighted by atomic mass is 9.98. The number of pyridine rings is 1. The van der Waals surface area contributed by atoms with Gasteiger partial charge in [-0.1, -0.05) is 0 Å². The van der Waals surface area contributed by atoms with Crippen LogP contribution in [0.1, 0.15) is 36.7 Å². The molecule has 1 atom stereocenters. The van der Waals surface area contributed by atoms with Gasteiger partial charge in [-0.05, 0) is 38.3 Å². The Morgan fingerprint density at radius 2 is 2.21 bits per heavy atom. The third kappa shape index (κ3) is 2.92. The Labute approximate surface area is 112 Å². The highest BCUT2D eigenvalue weighted by Crippen LogP contribution is 2.25. The van der Waals surface area contributed by atoms with E-state index in [0.29, 0.717) is 0 Å². The smallest absolute Gasteiger partial charge is 0.356 e. The van der Waals surface area contributed by atoms with Gasteiger partial charge in [0.05, 0.1) is 13.2 Å². The molecule has 102 valence electrons. The van der Waals surface area contributed by atoms with Crippen molar-refractivity contribution in [2.45, 2.75) is 32.2 Å². The number of ether oxygens (including phenoxy) is 1. The fraction of sp³-hybridized carbons (Fsp3) is 0.500. The fourth-order valence-corrected chi connectivity index (χ4v) is 2.48. The number of carbonyl (C=O) groups is 2. The molecule has 1 saturated heterocycles. The van der Waals surface area contributed by atoms with Gasteiger partial charge in [0.25, 0.3) is 0 Å². The minimum Gasteiger partial charge on any atom is -0.464 e. The third-order valence-corrected chi connectivity index (χ3v) is 3.44. The summed E-state index contributed by atoms with van der Waals surface area (Å²) in [5.74, 6) is -0.297. The monoisotopic (exact) mass is 262 g/mol. The molecule has 1 fully saturated rings. The maximum absolute atomic E-state index is 11.7. The van der Waals surface area contributed by atoms with Gasteiger partial charge in [-0.25, -0.2) is 9.78 Å². The summed E-state index contributed by atoms with van der Waals surface area (Å²) in [5.41, 5.74) is 1.13. The summed E-state index contributed by atoms with van der Waals surface area (Å²) in [5, 5.41) is 0. The van der Waals surface area contributed by atoms with Crippen LogP contribution in [0.2, 0.25) is 0 Å². The quantitative estimate of drug-likeness (QED) is 0.778. The predicted molar refractivity (Wildman–Crippen MR) is 71.2 cm³/mol. The molecule has 0 aliphatic carbocycles. The lowest BCUT2D eigenvalue weighted by Crippen LogP contribution is -2.44. The van der Waals surface area contributed by atoms with Crippen LogP contribution in [0.5, 0.6) is 0 Å². The molecule has 2 heterocycles. The van der Waals surface area contributed by atoms with Gasteiger partial charge in [0.15, 0.2) is 5.78 Å². The number of anilines is 1. The predicted octanol–water partition coefficient (Wildman–Crippen LogP) is 1.82. The number of methoxy groups -OCH3 is 1. The summed E-state index contributed by atoms with van der Waals surface area (Å²) < 4.78 is 4.67. The zero-order chi connectivity index (χ0) is 13.8. The van der Waals surface area contributed by atoms with Gasteiger partial charge in [0, 0.05) is 18.4 Å². The van der Waals surface area contributed by atoms with E-state index >= 15 is 0 Å². The standard InChI is InChI=1S/C14H18N2O3/c1-10(17)13-5-3-4-8-16(13)11-6-7-15-12(9-11)14(18)19-2/h6-7,9,13H,3-5,8H2,1-2H3. The molecule has 0 N–H and O–H groups in total. The van der Waals surface area contributed by atoms with E-state index in [4.69, 9.17) is 0 Å². The van der Waals surface area contributed by atoms with E-state index in [1.807, 2.05) is 6.07 Å². The maximum Gasteiger partial charge on any atom is 0.356 e. The summed E-state index contributed by atoms with van der Waals surface area (Å²) >= 11 is 0. The number of nitrogens with zero attached hydrogens (tertiary/aromatic N) is 2. The van der Waals surface area contributed by atoms with E-state index in [9.17, 15) is 9.59 Å². The van der Waals surface area contributed by atoms with Crippen molar-refractivity contribution in [1.29, 1.82) is 0 Å². The van der Waals surface area contributed by atoms with Crippen LogP contribution in [0.3, 0.4) is 0 Å². The molecule has 0 radical (unpaired) electrons. The van der Waals surface area contributed by atoms with E-state index in [2.05, 4.69) is 14.6 Å². The molecule has 1 aromatic rings. The first-order valence-electron chi connectivity index (χ1n) is 6.45. The Balaban J connectivity index is 2.29. The van der Waals surface area contributed by atoms with E-state index in [-0.39, 0.29) is 17.5 Å². The molecule has 1 unspecified atom stereocenters. The van der Waals surface area contributed by atoms with Gasteiger partial charge in [-0.3, -0.25) is 4.79 Å². The summed E-state index contributed by atoms with van der Waals surface area (Å²) in [4.78, 5) is 29.2. The molecule has 0 saturated carbocycles. The largest absolute Gasteiger partial charge is 0.464 e. The molecule has 1 aromatic heterocycles. The molecule has 0 amide bonds. The number of Topliss-reactive ketones (excluding diaryl/α,β-unsaturated/α-hetero) is 1. The van der Waals surface area contributed by atoms with Crippen LogP contribution < -0.4 is 4.90 Å². The van der Waals surface area contributed by atoms with Crippen molar-refractivity contribution in [3.05, 3.63) is 24.0 Å². The Hall–Kier alpha value is -1.91. The molecule has 1 aliphatic rings. The second-order valence-electron chi connectivity index (χ2n) is 4.71. The molecule has 2 rings (SSSR count). The highest BCUT2D eigenvalue weighted by molar-refractivity contribution is 5.89. The van der Waals surface area contributed by atoms with Crippen LogP contribution in [0.4, 0.5) is 5.69 Å². The van der Waals surface area contributed by atoms with E-state index < -0.39 is 5.97 Å². The van der Waals surface area contributed by atoms with Gasteiger partial charge in [0.2, 0.25) is 0 Å². The maximum atomic E-state index is 11.7. The number of carbonyl (C=O) groups excluding carboxylic acids is 2. The molecular weight excluding hydrogens is 244 g/mol. The summed E-state index contributed by atoms with van der Waals surface area (Å²) in [6.07, 6.45) is 4.56. The Morgan fingerprint density at radius 3 is 2.89 bits per heavy atom. The third-order valence-electron chi connectivity index (χ3n) is 3.44. The molecule has 0 spiro atoms. The number of aromatic nitrogens is 1. The number of hydrogen-bond donors (Lipinski definition) is 0. The van der Waals surface area contributed by atoms with Crippen molar-refractivity contribution in [2.75, 3.05) is 18.6 Å². The first-order chi connectivity index (χ1) is 9.13. The minimum absolute atomic E-state index is 0.0957. The number of piperidine rings is 1. The normalized spacial score (nSPS) is 19.1. The fourth-order valence-electron chi connectivity index (χ4n) is 2.48. The Morgan fingerprint density at radius 1 is 1.42 bits per heavy atom. The second-order valence-corrected chi connectivity index (χ2v) is 4.71. The minimum atomic E-state index is -0.460. The van der Waals surface area contributed by atoms with Gasteiger partial charge in [-0.15, -0.1) is 0 Å². The lowest BCUT2D eigenvalue weighted by Gasteiger charge is -2.36. The average molecular weight is 262 g/mol. The van der Waals surface area contributed by atoms with E-state index in [0.717, 1.165) is 31.5 Å². The van der Waals surface area contributed by atoms with Crippen LogP contribution in [0, 0.1) is 0 Å². The Kier molecular flexibility index (Phi) is 4.14. The summed E-state index contributed by atoms with van der Waals surface area (Å²) in [6.45, 7) is 2.44. The van der Waals surface area contributed by atoms with Gasteiger partial charge < -0.3 is 9.64 Å². The van der Waals surface area contributed by atoms with Crippen molar-refractivity contribution in [3.8, 4) is 0 Å². The highest BCUT2D eigenvalue weighted by atomic mass is 16.5. The van der Waals surface area contributed by atoms with Crippen LogP contribution >= 0.6 is 0 Å². The van der Waals surface area contributed by atoms with Crippen LogP contribution in [-0.4, -0.2) is 36.4 Å². The molecule has 5 nitrogen and oxygen atoms in total. The average Bonchev–Trinajstić information content (AvgIpc) is 2.46. The van der Waals surface area contributed by atoms with E-state index in [1.165, 1.54) is 7.11 Å². The van der Waals surface area contributed by atoms with Crippen LogP contribution in [-0.2, 0) is 9.53 Å². The zero-order valence-electron chi connectivity index (χ0n) is 11.3. The number of esters is 1. The zero-order valence-corrected chi connectivity index (χ0v) is 11.3. The van der Waals surface area contributed by atoms with Gasteiger partial charge in [0.1, 0.15) is 5.69 Å². The number of hydrogen-bond acceptors (Lipinski definition) is 5. The van der Waals surface area contributed by atoms with Gasteiger partial charge in [-0.2, -0.15) is 0 Å². The van der Waals surface area contributed by atoms with Crippen molar-refractivity contribution < 1.29 is 14.3 Å². The summed E-state index contributed by atoms with van der Waals surface area (Å²) in [6, 6.07) is 3.42. The Bertz CT molecular complexity index is 487. The molecule has 0 bridgehead atoms. The SMILES string of the molecule is COC(=O)c1cc(N2CCCCC2C(C)=O)ccn1. The molecule has 1 aliphatic heterocycles. The van der Waals surface area contributed by atoms with E-state index in [1.54, 1.807) is 19.2 Å². The second kappa shape index (κ2) is 5.82. The molecule has 0 aromatic carbocycles. The van der Waals surface area contributed by atoms with Crippen LogP contribution in [0.25, 0.3) is 0 Å². The number of rotatable bonds is 3. The summed E-state index contributed by atoms with van der Waals surface area (Å²) in [7, 11) is 1.33. The lowest BCUT2D eigenvalue weighted by molar-refractivity contribution is -0.118. The van der Waals surface area contributed by atoms with Gasteiger partial charge >= 0.3 is 5.97 Å². The van der Waals surface area contributed by atoms with Crippen molar-refractivity contribution >= 4 is 17.4 Å². The van der Waals surface area contributed by atoms with Crippen molar-refractivity contribution in [2.24, 2.45) is 0 Å². The van der Waals surface area contributed by atoms with Crippen molar-refractivity contribution in [1.82, 2.24) is 4.98 Å².